The summed E-state index contributed by atoms with van der Waals surface area (Å²) in [5, 5.41) is 2.33. The summed E-state index contributed by atoms with van der Waals surface area (Å²) in [5.74, 6) is 0. The molecule has 82 valence electrons. The highest BCUT2D eigenvalue weighted by atomic mass is 35.6. The van der Waals surface area contributed by atoms with Gasteiger partial charge in [-0.1, -0.05) is 60.7 Å². The Balaban J connectivity index is 2.49. The van der Waals surface area contributed by atoms with Crippen LogP contribution in [0.4, 0.5) is 0 Å². The zero-order valence-electron chi connectivity index (χ0n) is 8.74. The molecular weight excluding hydrogens is 255 g/mol. The first-order valence-corrected chi connectivity index (χ1v) is 8.88. The van der Waals surface area contributed by atoms with Gasteiger partial charge in [-0.25, -0.2) is 0 Å². The van der Waals surface area contributed by atoms with Crippen LogP contribution in [0.3, 0.4) is 0 Å². The Hall–Kier alpha value is -0.763. The fraction of sp³-hybridized carbons (Fsp3) is 0.0769. The van der Waals surface area contributed by atoms with Crippen molar-refractivity contribution in [1.82, 2.24) is 0 Å². The Morgan fingerprint density at radius 3 is 1.44 bits per heavy atom. The molecule has 2 aromatic rings. The lowest BCUT2D eigenvalue weighted by Crippen LogP contribution is -2.55. The van der Waals surface area contributed by atoms with Crippen molar-refractivity contribution in [1.29, 1.82) is 0 Å². The molecule has 0 atom stereocenters. The van der Waals surface area contributed by atoms with Gasteiger partial charge in [0, 0.05) is 5.50 Å². The molecule has 0 bridgehead atoms. The van der Waals surface area contributed by atoms with E-state index in [1.54, 1.807) is 0 Å². The Morgan fingerprint density at radius 1 is 0.750 bits per heavy atom. The number of alkyl halides is 1. The molecule has 0 radical (unpaired) electrons. The summed E-state index contributed by atoms with van der Waals surface area (Å²) in [5.41, 5.74) is 0.489. The van der Waals surface area contributed by atoms with Gasteiger partial charge < -0.3 is 0 Å². The maximum Gasteiger partial charge on any atom is 0.231 e. The lowest BCUT2D eigenvalue weighted by Gasteiger charge is -2.22. The van der Waals surface area contributed by atoms with Gasteiger partial charge in [0.2, 0.25) is 7.38 Å². The molecule has 0 saturated heterocycles. The SMILES string of the molecule is ClC[Si](Cl)(c1ccccc1)c1ccccc1. The third kappa shape index (κ3) is 2.17. The van der Waals surface area contributed by atoms with Crippen LogP contribution in [-0.4, -0.2) is 12.9 Å². The minimum atomic E-state index is -2.24. The summed E-state index contributed by atoms with van der Waals surface area (Å²) in [6, 6.07) is 20.3. The Kier molecular flexibility index (Phi) is 3.69. The second-order valence-corrected chi connectivity index (χ2v) is 9.43. The van der Waals surface area contributed by atoms with Gasteiger partial charge in [0.25, 0.3) is 0 Å². The van der Waals surface area contributed by atoms with Gasteiger partial charge in [0.05, 0.1) is 0 Å². The minimum absolute atomic E-state index is 0.489. The minimum Gasteiger partial charge on any atom is -0.154 e. The smallest absolute Gasteiger partial charge is 0.154 e. The van der Waals surface area contributed by atoms with E-state index in [0.29, 0.717) is 5.50 Å². The molecule has 0 aliphatic carbocycles. The van der Waals surface area contributed by atoms with Crippen molar-refractivity contribution in [3.63, 3.8) is 0 Å². The average molecular weight is 267 g/mol. The van der Waals surface area contributed by atoms with E-state index in [-0.39, 0.29) is 0 Å². The van der Waals surface area contributed by atoms with Crippen LogP contribution in [0.15, 0.2) is 60.7 Å². The quantitative estimate of drug-likeness (QED) is 0.456. The number of halogens is 2. The average Bonchev–Trinajstić information content (AvgIpc) is 2.40. The van der Waals surface area contributed by atoms with Crippen molar-refractivity contribution in [2.75, 3.05) is 5.50 Å². The van der Waals surface area contributed by atoms with Gasteiger partial charge in [-0.3, -0.25) is 0 Å². The maximum absolute atomic E-state index is 6.78. The molecule has 0 aromatic heterocycles. The van der Waals surface area contributed by atoms with Crippen molar-refractivity contribution in [2.24, 2.45) is 0 Å². The highest BCUT2D eigenvalue weighted by Crippen LogP contribution is 2.12. The maximum atomic E-state index is 6.78. The van der Waals surface area contributed by atoms with E-state index in [0.717, 1.165) is 10.4 Å². The Bertz CT molecular complexity index is 403. The van der Waals surface area contributed by atoms with E-state index < -0.39 is 7.38 Å². The molecular formula is C13H12Cl2Si. The fourth-order valence-corrected chi connectivity index (χ4v) is 5.49. The van der Waals surface area contributed by atoms with E-state index in [4.69, 9.17) is 22.7 Å². The van der Waals surface area contributed by atoms with Gasteiger partial charge in [0.15, 0.2) is 0 Å². The first-order chi connectivity index (χ1) is 7.77. The van der Waals surface area contributed by atoms with Gasteiger partial charge in [-0.05, 0) is 10.4 Å². The third-order valence-corrected chi connectivity index (χ3v) is 8.84. The lowest BCUT2D eigenvalue weighted by atomic mass is 10.4. The number of rotatable bonds is 3. The van der Waals surface area contributed by atoms with Gasteiger partial charge in [-0.15, -0.1) is 11.6 Å². The molecule has 0 aliphatic rings. The fourth-order valence-electron chi connectivity index (χ4n) is 1.73. The molecule has 0 nitrogen and oxygen atoms in total. The van der Waals surface area contributed by atoms with Crippen molar-refractivity contribution in [3.8, 4) is 0 Å². The van der Waals surface area contributed by atoms with Gasteiger partial charge in [-0.2, -0.15) is 11.1 Å². The predicted octanol–water partition coefficient (Wildman–Crippen LogP) is 2.76. The van der Waals surface area contributed by atoms with E-state index in [1.165, 1.54) is 0 Å². The monoisotopic (exact) mass is 266 g/mol. The standard InChI is InChI=1S/C13H12Cl2Si/c14-11-16(15,12-7-3-1-4-8-12)13-9-5-2-6-10-13/h1-10H,11H2. The summed E-state index contributed by atoms with van der Waals surface area (Å²) in [6.07, 6.45) is 0. The largest absolute Gasteiger partial charge is 0.231 e. The van der Waals surface area contributed by atoms with E-state index in [1.807, 2.05) is 36.4 Å². The normalized spacial score (nSPS) is 11.4. The van der Waals surface area contributed by atoms with Gasteiger partial charge in [0.1, 0.15) is 0 Å². The molecule has 0 saturated carbocycles. The molecule has 2 aromatic carbocycles. The Morgan fingerprint density at radius 2 is 1.12 bits per heavy atom. The van der Waals surface area contributed by atoms with Crippen molar-refractivity contribution in [3.05, 3.63) is 60.7 Å². The zero-order valence-corrected chi connectivity index (χ0v) is 11.2. The van der Waals surface area contributed by atoms with Crippen molar-refractivity contribution >= 4 is 40.4 Å². The number of hydrogen-bond donors (Lipinski definition) is 0. The van der Waals surface area contributed by atoms with Crippen LogP contribution in [-0.2, 0) is 0 Å². The first-order valence-electron chi connectivity index (χ1n) is 5.13. The van der Waals surface area contributed by atoms with Crippen molar-refractivity contribution in [2.45, 2.75) is 0 Å². The van der Waals surface area contributed by atoms with Crippen LogP contribution < -0.4 is 10.4 Å². The predicted molar refractivity (Wildman–Crippen MR) is 74.5 cm³/mol. The molecule has 0 fully saturated rings. The molecule has 0 unspecified atom stereocenters. The molecule has 0 aliphatic heterocycles. The molecule has 0 amide bonds. The molecule has 16 heavy (non-hydrogen) atoms. The van der Waals surface area contributed by atoms with Crippen LogP contribution >= 0.6 is 22.7 Å². The first kappa shape index (κ1) is 11.7. The topological polar surface area (TPSA) is 0 Å². The van der Waals surface area contributed by atoms with E-state index >= 15 is 0 Å². The van der Waals surface area contributed by atoms with E-state index in [2.05, 4.69) is 24.3 Å². The summed E-state index contributed by atoms with van der Waals surface area (Å²) >= 11 is 12.9. The summed E-state index contributed by atoms with van der Waals surface area (Å²) in [4.78, 5) is 0. The summed E-state index contributed by atoms with van der Waals surface area (Å²) < 4.78 is 0. The van der Waals surface area contributed by atoms with Crippen LogP contribution in [0, 0.1) is 0 Å². The molecule has 0 heterocycles. The molecule has 2 rings (SSSR count). The lowest BCUT2D eigenvalue weighted by molar-refractivity contribution is 1.70. The molecule has 0 N–H and O–H groups in total. The third-order valence-electron chi connectivity index (χ3n) is 2.65. The molecule has 3 heteroatoms. The van der Waals surface area contributed by atoms with E-state index in [9.17, 15) is 0 Å². The molecule has 0 spiro atoms. The number of hydrogen-bond acceptors (Lipinski definition) is 0. The van der Waals surface area contributed by atoms with Crippen LogP contribution in [0.25, 0.3) is 0 Å². The van der Waals surface area contributed by atoms with Crippen LogP contribution in [0.5, 0.6) is 0 Å². The highest BCUT2D eigenvalue weighted by Gasteiger charge is 2.34. The van der Waals surface area contributed by atoms with Crippen LogP contribution in [0.2, 0.25) is 0 Å². The zero-order chi connectivity index (χ0) is 11.4. The second-order valence-electron chi connectivity index (χ2n) is 3.67. The van der Waals surface area contributed by atoms with Crippen molar-refractivity contribution < 1.29 is 0 Å². The second kappa shape index (κ2) is 5.04. The van der Waals surface area contributed by atoms with Gasteiger partial charge >= 0.3 is 0 Å². The highest BCUT2D eigenvalue weighted by molar-refractivity contribution is 7.35. The summed E-state index contributed by atoms with van der Waals surface area (Å²) in [6.45, 7) is 0. The van der Waals surface area contributed by atoms with Crippen LogP contribution in [0.1, 0.15) is 0 Å². The summed E-state index contributed by atoms with van der Waals surface area (Å²) in [7, 11) is -2.24. The Labute approximate surface area is 107 Å². The number of benzene rings is 2.